The maximum atomic E-state index is 12.9. The maximum absolute atomic E-state index is 12.9. The average molecular weight is 312 g/mol. The van der Waals surface area contributed by atoms with E-state index in [0.29, 0.717) is 0 Å². The quantitative estimate of drug-likeness (QED) is 0.476. The highest BCUT2D eigenvalue weighted by molar-refractivity contribution is 5.68. The molecule has 1 N–H and O–H groups in total. The van der Waals surface area contributed by atoms with Gasteiger partial charge in [-0.25, -0.2) is 8.78 Å². The van der Waals surface area contributed by atoms with Gasteiger partial charge in [0.25, 0.3) is 5.69 Å². The van der Waals surface area contributed by atoms with Gasteiger partial charge in [0, 0.05) is 6.07 Å². The van der Waals surface area contributed by atoms with E-state index < -0.39 is 29.5 Å². The van der Waals surface area contributed by atoms with E-state index in [0.717, 1.165) is 12.1 Å². The summed E-state index contributed by atoms with van der Waals surface area (Å²) in [5, 5.41) is 12.8. The largest absolute Gasteiger partial charge is 0.493 e. The molecule has 6 nitrogen and oxygen atoms in total. The highest BCUT2D eigenvalue weighted by Crippen LogP contribution is 2.38. The van der Waals surface area contributed by atoms with Crippen LogP contribution in [0.15, 0.2) is 12.1 Å². The highest BCUT2D eigenvalue weighted by atomic mass is 19.3. The van der Waals surface area contributed by atoms with Crippen molar-refractivity contribution in [1.29, 1.82) is 0 Å². The predicted molar refractivity (Wildman–Crippen MR) is 65.6 cm³/mol. The molecule has 1 rings (SSSR count). The summed E-state index contributed by atoms with van der Waals surface area (Å²) in [5.74, 6) is -4.28. The van der Waals surface area contributed by atoms with Crippen molar-refractivity contribution in [1.82, 2.24) is 0 Å². The Kier molecular flexibility index (Phi) is 5.17. The molecular formula is C11H12F4N2O4. The summed E-state index contributed by atoms with van der Waals surface area (Å²) in [6, 6.07) is 1.97. The zero-order valence-electron chi connectivity index (χ0n) is 11.0. The third-order valence-electron chi connectivity index (χ3n) is 2.53. The lowest BCUT2D eigenvalue weighted by Gasteiger charge is -2.17. The maximum Gasteiger partial charge on any atom is 0.324 e. The molecule has 0 saturated carbocycles. The number of alkyl halides is 4. The van der Waals surface area contributed by atoms with Crippen LogP contribution in [0.4, 0.5) is 28.9 Å². The Morgan fingerprint density at radius 1 is 1.29 bits per heavy atom. The van der Waals surface area contributed by atoms with Gasteiger partial charge in [-0.1, -0.05) is 0 Å². The number of nitrogens with zero attached hydrogens (tertiary/aromatic N) is 1. The van der Waals surface area contributed by atoms with Crippen LogP contribution in [0.3, 0.4) is 0 Å². The summed E-state index contributed by atoms with van der Waals surface area (Å²) in [5.41, 5.74) is -0.976. The topological polar surface area (TPSA) is 73.6 Å². The van der Waals surface area contributed by atoms with Crippen molar-refractivity contribution in [2.45, 2.75) is 12.3 Å². The zero-order valence-corrected chi connectivity index (χ0v) is 11.0. The van der Waals surface area contributed by atoms with Crippen molar-refractivity contribution in [2.24, 2.45) is 0 Å². The van der Waals surface area contributed by atoms with Gasteiger partial charge in [0.2, 0.25) is 0 Å². The van der Waals surface area contributed by atoms with Gasteiger partial charge in [-0.3, -0.25) is 10.1 Å². The lowest BCUT2D eigenvalue weighted by molar-refractivity contribution is -0.384. The van der Waals surface area contributed by atoms with Crippen molar-refractivity contribution in [2.75, 3.05) is 26.1 Å². The molecule has 0 unspecified atom stereocenters. The van der Waals surface area contributed by atoms with Crippen LogP contribution in [0.25, 0.3) is 0 Å². The van der Waals surface area contributed by atoms with Crippen molar-refractivity contribution < 1.29 is 32.0 Å². The predicted octanol–water partition coefficient (Wildman–Crippen LogP) is 2.92. The van der Waals surface area contributed by atoms with E-state index in [2.05, 4.69) is 0 Å². The molecule has 0 radical (unpaired) electrons. The van der Waals surface area contributed by atoms with Crippen molar-refractivity contribution in [3.63, 3.8) is 0 Å². The molecule has 1 aromatic carbocycles. The minimum Gasteiger partial charge on any atom is -0.493 e. The van der Waals surface area contributed by atoms with E-state index in [1.807, 2.05) is 5.32 Å². The Balaban J connectivity index is 3.13. The van der Waals surface area contributed by atoms with Crippen molar-refractivity contribution in [3.05, 3.63) is 22.2 Å². The number of halogens is 4. The molecule has 0 bridgehead atoms. The lowest BCUT2D eigenvalue weighted by Crippen LogP contribution is -2.34. The fourth-order valence-corrected chi connectivity index (χ4v) is 1.45. The molecule has 0 atom stereocenters. The normalized spacial score (nSPS) is 11.4. The Bertz CT molecular complexity index is 525. The second-order valence-electron chi connectivity index (χ2n) is 3.90. The monoisotopic (exact) mass is 312 g/mol. The summed E-state index contributed by atoms with van der Waals surface area (Å²) in [4.78, 5) is 10.0. The van der Waals surface area contributed by atoms with Gasteiger partial charge in [-0.2, -0.15) is 8.78 Å². The first-order valence-electron chi connectivity index (χ1n) is 5.53. The van der Waals surface area contributed by atoms with E-state index in [1.54, 1.807) is 0 Å². The molecule has 1 aromatic rings. The van der Waals surface area contributed by atoms with E-state index in [4.69, 9.17) is 9.47 Å². The Morgan fingerprint density at radius 2 is 1.81 bits per heavy atom. The van der Waals surface area contributed by atoms with Crippen LogP contribution in [0.2, 0.25) is 0 Å². The zero-order chi connectivity index (χ0) is 16.2. The number of anilines is 1. The molecule has 0 aliphatic heterocycles. The van der Waals surface area contributed by atoms with Gasteiger partial charge in [0.05, 0.1) is 31.8 Å². The molecular weight excluding hydrogens is 300 g/mol. The number of benzene rings is 1. The number of hydrogen-bond donors (Lipinski definition) is 1. The number of nitrogens with one attached hydrogen (secondary N) is 1. The second-order valence-corrected chi connectivity index (χ2v) is 3.90. The number of rotatable bonds is 7. The number of ether oxygens (including phenoxy) is 2. The van der Waals surface area contributed by atoms with E-state index in [9.17, 15) is 27.7 Å². The van der Waals surface area contributed by atoms with E-state index >= 15 is 0 Å². The van der Waals surface area contributed by atoms with Gasteiger partial charge in [-0.15, -0.1) is 0 Å². The summed E-state index contributed by atoms with van der Waals surface area (Å²) < 4.78 is 59.6. The molecule has 0 fully saturated rings. The molecule has 10 heteroatoms. The molecule has 0 amide bonds. The molecule has 0 aromatic heterocycles. The standard InChI is InChI=1S/C11H12F4N2O4/c1-20-8-3-6(16-5-11(14,15)10(12)13)7(17(18)19)4-9(8)21-2/h3-4,10,16H,5H2,1-2H3. The third kappa shape index (κ3) is 3.86. The fraction of sp³-hybridized carbons (Fsp3) is 0.455. The molecule has 0 saturated heterocycles. The van der Waals surface area contributed by atoms with Gasteiger partial charge in [0.1, 0.15) is 5.69 Å². The van der Waals surface area contributed by atoms with Gasteiger partial charge in [0.15, 0.2) is 11.5 Å². The lowest BCUT2D eigenvalue weighted by atomic mass is 10.2. The minimum absolute atomic E-state index is 0.00960. The van der Waals surface area contributed by atoms with Crippen LogP contribution in [0.5, 0.6) is 11.5 Å². The first-order valence-corrected chi connectivity index (χ1v) is 5.53. The van der Waals surface area contributed by atoms with Gasteiger partial charge < -0.3 is 14.8 Å². The first-order chi connectivity index (χ1) is 9.72. The number of nitro benzene ring substituents is 1. The van der Waals surface area contributed by atoms with Gasteiger partial charge >= 0.3 is 12.3 Å². The molecule has 0 aliphatic carbocycles. The van der Waals surface area contributed by atoms with Crippen LogP contribution in [-0.4, -0.2) is 38.0 Å². The van der Waals surface area contributed by atoms with Crippen LogP contribution in [-0.2, 0) is 0 Å². The van der Waals surface area contributed by atoms with E-state index in [1.165, 1.54) is 14.2 Å². The first kappa shape index (κ1) is 16.8. The molecule has 118 valence electrons. The summed E-state index contributed by atoms with van der Waals surface area (Å²) in [6.07, 6.45) is -3.88. The summed E-state index contributed by atoms with van der Waals surface area (Å²) >= 11 is 0. The fourth-order valence-electron chi connectivity index (χ4n) is 1.45. The summed E-state index contributed by atoms with van der Waals surface area (Å²) in [6.45, 7) is -1.46. The number of methoxy groups -OCH3 is 2. The summed E-state index contributed by atoms with van der Waals surface area (Å²) in [7, 11) is 2.47. The molecule has 21 heavy (non-hydrogen) atoms. The SMILES string of the molecule is COc1cc(NCC(F)(F)C(F)F)c([N+](=O)[O-])cc1OC. The average Bonchev–Trinajstić information content (AvgIpc) is 2.43. The van der Waals surface area contributed by atoms with Crippen molar-refractivity contribution >= 4 is 11.4 Å². The number of nitro groups is 1. The Labute approximate surface area is 116 Å². The molecule has 0 heterocycles. The highest BCUT2D eigenvalue weighted by Gasteiger charge is 2.40. The molecule has 0 aliphatic rings. The Hall–Kier alpha value is -2.26. The number of hydrogen-bond acceptors (Lipinski definition) is 5. The van der Waals surface area contributed by atoms with Gasteiger partial charge in [-0.05, 0) is 0 Å². The van der Waals surface area contributed by atoms with Crippen LogP contribution < -0.4 is 14.8 Å². The van der Waals surface area contributed by atoms with Crippen LogP contribution in [0, 0.1) is 10.1 Å². The third-order valence-corrected chi connectivity index (χ3v) is 2.53. The van der Waals surface area contributed by atoms with Crippen molar-refractivity contribution in [3.8, 4) is 11.5 Å². The van der Waals surface area contributed by atoms with E-state index in [-0.39, 0.29) is 17.2 Å². The van der Waals surface area contributed by atoms with Crippen LogP contribution in [0.1, 0.15) is 0 Å². The van der Waals surface area contributed by atoms with Crippen LogP contribution >= 0.6 is 0 Å². The smallest absolute Gasteiger partial charge is 0.324 e. The second kappa shape index (κ2) is 6.46. The molecule has 0 spiro atoms. The minimum atomic E-state index is -4.32. The Morgan fingerprint density at radius 3 is 2.24 bits per heavy atom.